The molecule has 2 atom stereocenters. The molecule has 2 unspecified atom stereocenters. The third kappa shape index (κ3) is 3.54. The molecule has 0 aromatic carbocycles. The van der Waals surface area contributed by atoms with E-state index in [4.69, 9.17) is 4.74 Å². The van der Waals surface area contributed by atoms with Gasteiger partial charge in [-0.1, -0.05) is 39.5 Å². The van der Waals surface area contributed by atoms with Crippen LogP contribution in [0, 0.1) is 11.3 Å². The van der Waals surface area contributed by atoms with E-state index in [1.165, 1.54) is 25.7 Å². The number of aliphatic carboxylic acids is 1. The van der Waals surface area contributed by atoms with Crippen LogP contribution in [-0.2, 0) is 14.3 Å². The van der Waals surface area contributed by atoms with Crippen LogP contribution in [0.4, 0.5) is 0 Å². The predicted octanol–water partition coefficient (Wildman–Crippen LogP) is 3.12. The quantitative estimate of drug-likeness (QED) is 0.736. The molecule has 5 nitrogen and oxygen atoms in total. The first-order valence-electron chi connectivity index (χ1n) is 8.99. The van der Waals surface area contributed by atoms with Crippen molar-refractivity contribution in [3.8, 4) is 0 Å². The molecule has 2 N–H and O–H groups in total. The van der Waals surface area contributed by atoms with Crippen molar-refractivity contribution in [2.24, 2.45) is 11.3 Å². The van der Waals surface area contributed by atoms with Gasteiger partial charge in [0.2, 0.25) is 5.91 Å². The molecule has 0 spiro atoms. The van der Waals surface area contributed by atoms with E-state index in [2.05, 4.69) is 5.32 Å². The van der Waals surface area contributed by atoms with Crippen molar-refractivity contribution in [3.63, 3.8) is 0 Å². The zero-order chi connectivity index (χ0) is 17.1. The molecule has 0 heterocycles. The van der Waals surface area contributed by atoms with Gasteiger partial charge in [-0.05, 0) is 25.7 Å². The van der Waals surface area contributed by atoms with Crippen molar-refractivity contribution < 1.29 is 19.4 Å². The minimum absolute atomic E-state index is 0.123. The van der Waals surface area contributed by atoms with Gasteiger partial charge >= 0.3 is 5.97 Å². The van der Waals surface area contributed by atoms with Gasteiger partial charge in [-0.3, -0.25) is 4.79 Å². The third-order valence-corrected chi connectivity index (χ3v) is 5.93. The van der Waals surface area contributed by atoms with Gasteiger partial charge < -0.3 is 15.2 Å². The zero-order valence-electron chi connectivity index (χ0n) is 14.7. The Kier molecular flexibility index (Phi) is 5.71. The maximum absolute atomic E-state index is 12.5. The number of hydrogen-bond acceptors (Lipinski definition) is 3. The minimum Gasteiger partial charge on any atom is -0.479 e. The highest BCUT2D eigenvalue weighted by molar-refractivity contribution is 5.89. The van der Waals surface area contributed by atoms with Crippen LogP contribution in [0.2, 0.25) is 0 Å². The van der Waals surface area contributed by atoms with Crippen LogP contribution in [0.1, 0.15) is 72.1 Å². The smallest absolute Gasteiger partial charge is 0.330 e. The lowest BCUT2D eigenvalue weighted by Gasteiger charge is -2.58. The molecular formula is C18H31NO4. The second-order valence-corrected chi connectivity index (χ2v) is 7.69. The SMILES string of the molecule is CCOC1CC(NC(=O)CC2CCCCCC2)(C(=O)O)C1(C)C. The number of rotatable bonds is 6. The number of carboxylic acid groups (broad SMARTS) is 1. The summed E-state index contributed by atoms with van der Waals surface area (Å²) < 4.78 is 5.63. The number of hydrogen-bond donors (Lipinski definition) is 2. The van der Waals surface area contributed by atoms with Crippen molar-refractivity contribution in [2.45, 2.75) is 83.8 Å². The van der Waals surface area contributed by atoms with Crippen LogP contribution in [0.5, 0.6) is 0 Å². The van der Waals surface area contributed by atoms with Crippen molar-refractivity contribution in [1.29, 1.82) is 0 Å². The van der Waals surface area contributed by atoms with Crippen molar-refractivity contribution in [2.75, 3.05) is 6.61 Å². The van der Waals surface area contributed by atoms with Gasteiger partial charge in [0.25, 0.3) is 0 Å². The number of nitrogens with one attached hydrogen (secondary N) is 1. The lowest BCUT2D eigenvalue weighted by molar-refractivity contribution is -0.194. The first kappa shape index (κ1) is 18.2. The lowest BCUT2D eigenvalue weighted by atomic mass is 9.54. The molecule has 0 radical (unpaired) electrons. The van der Waals surface area contributed by atoms with Gasteiger partial charge in [-0.15, -0.1) is 0 Å². The highest BCUT2D eigenvalue weighted by Gasteiger charge is 2.66. The molecule has 2 rings (SSSR count). The Balaban J connectivity index is 2.00. The Hall–Kier alpha value is -1.10. The molecular weight excluding hydrogens is 294 g/mol. The van der Waals surface area contributed by atoms with Crippen molar-refractivity contribution in [1.82, 2.24) is 5.32 Å². The standard InChI is InChI=1S/C18H31NO4/c1-4-23-14-12-18(16(21)22,17(14,2)3)19-15(20)11-13-9-7-5-6-8-10-13/h13-14H,4-12H2,1-3H3,(H,19,20)(H,21,22). The Labute approximate surface area is 139 Å². The average molecular weight is 325 g/mol. The summed E-state index contributed by atoms with van der Waals surface area (Å²) in [6, 6.07) is 0. The van der Waals surface area contributed by atoms with E-state index in [1.54, 1.807) is 0 Å². The molecule has 0 saturated heterocycles. The second-order valence-electron chi connectivity index (χ2n) is 7.69. The molecule has 0 aliphatic heterocycles. The first-order valence-corrected chi connectivity index (χ1v) is 8.99. The summed E-state index contributed by atoms with van der Waals surface area (Å²) in [6.45, 7) is 6.20. The van der Waals surface area contributed by atoms with Gasteiger partial charge in [0, 0.05) is 24.9 Å². The monoisotopic (exact) mass is 325 g/mol. The van der Waals surface area contributed by atoms with Gasteiger partial charge in [-0.25, -0.2) is 4.79 Å². The summed E-state index contributed by atoms with van der Waals surface area (Å²) in [5, 5.41) is 12.6. The van der Waals surface area contributed by atoms with E-state index < -0.39 is 16.9 Å². The number of carboxylic acids is 1. The predicted molar refractivity (Wildman–Crippen MR) is 88.1 cm³/mol. The number of ether oxygens (including phenoxy) is 1. The zero-order valence-corrected chi connectivity index (χ0v) is 14.7. The molecule has 1 amide bonds. The number of carbonyl (C=O) groups is 2. The van der Waals surface area contributed by atoms with E-state index in [9.17, 15) is 14.7 Å². The summed E-state index contributed by atoms with van der Waals surface area (Å²) in [7, 11) is 0. The van der Waals surface area contributed by atoms with Crippen LogP contribution >= 0.6 is 0 Å². The van der Waals surface area contributed by atoms with Gasteiger partial charge in [0.05, 0.1) is 6.10 Å². The van der Waals surface area contributed by atoms with Crippen LogP contribution in [0.25, 0.3) is 0 Å². The van der Waals surface area contributed by atoms with Gasteiger partial charge in [-0.2, -0.15) is 0 Å². The highest BCUT2D eigenvalue weighted by atomic mass is 16.5. The topological polar surface area (TPSA) is 75.6 Å². The maximum Gasteiger partial charge on any atom is 0.330 e. The molecule has 2 aliphatic carbocycles. The molecule has 0 aromatic heterocycles. The number of carbonyl (C=O) groups excluding carboxylic acids is 1. The second kappa shape index (κ2) is 7.20. The minimum atomic E-state index is -1.20. The molecule has 5 heteroatoms. The molecule has 2 aliphatic rings. The van der Waals surface area contributed by atoms with Crippen molar-refractivity contribution >= 4 is 11.9 Å². The van der Waals surface area contributed by atoms with E-state index >= 15 is 0 Å². The Morgan fingerprint density at radius 1 is 1.17 bits per heavy atom. The molecule has 132 valence electrons. The Morgan fingerprint density at radius 2 is 1.78 bits per heavy atom. The highest BCUT2D eigenvalue weighted by Crippen LogP contribution is 2.51. The number of amides is 1. The van der Waals surface area contributed by atoms with E-state index in [-0.39, 0.29) is 12.0 Å². The fourth-order valence-corrected chi connectivity index (χ4v) is 4.16. The van der Waals surface area contributed by atoms with Crippen LogP contribution in [0.15, 0.2) is 0 Å². The molecule has 0 aromatic rings. The molecule has 2 saturated carbocycles. The molecule has 0 bridgehead atoms. The van der Waals surface area contributed by atoms with Crippen LogP contribution in [0.3, 0.4) is 0 Å². The Morgan fingerprint density at radius 3 is 2.26 bits per heavy atom. The molecule has 2 fully saturated rings. The lowest BCUT2D eigenvalue weighted by Crippen LogP contribution is -2.76. The summed E-state index contributed by atoms with van der Waals surface area (Å²) in [5.74, 6) is -0.677. The van der Waals surface area contributed by atoms with Gasteiger partial charge in [0.15, 0.2) is 0 Å². The Bertz CT molecular complexity index is 440. The normalized spacial score (nSPS) is 31.0. The van der Waals surface area contributed by atoms with Gasteiger partial charge in [0.1, 0.15) is 5.54 Å². The summed E-state index contributed by atoms with van der Waals surface area (Å²) >= 11 is 0. The third-order valence-electron chi connectivity index (χ3n) is 5.93. The first-order chi connectivity index (χ1) is 10.8. The summed E-state index contributed by atoms with van der Waals surface area (Å²) in [5.41, 5.74) is -1.80. The van der Waals surface area contributed by atoms with E-state index in [0.29, 0.717) is 25.4 Å². The van der Waals surface area contributed by atoms with Crippen LogP contribution in [-0.4, -0.2) is 35.2 Å². The van der Waals surface area contributed by atoms with E-state index in [0.717, 1.165) is 12.8 Å². The largest absolute Gasteiger partial charge is 0.479 e. The van der Waals surface area contributed by atoms with E-state index in [1.807, 2.05) is 20.8 Å². The average Bonchev–Trinajstić information content (AvgIpc) is 2.74. The summed E-state index contributed by atoms with van der Waals surface area (Å²) in [6.07, 6.45) is 7.70. The van der Waals surface area contributed by atoms with Crippen LogP contribution < -0.4 is 5.32 Å². The molecule has 23 heavy (non-hydrogen) atoms. The van der Waals surface area contributed by atoms with Crippen molar-refractivity contribution in [3.05, 3.63) is 0 Å². The fraction of sp³-hybridized carbons (Fsp3) is 0.889. The fourth-order valence-electron chi connectivity index (χ4n) is 4.16. The maximum atomic E-state index is 12.5. The summed E-state index contributed by atoms with van der Waals surface area (Å²) in [4.78, 5) is 24.4.